The van der Waals surface area contributed by atoms with Crippen molar-refractivity contribution in [1.82, 2.24) is 0 Å². The molecule has 2 aromatic rings. The van der Waals surface area contributed by atoms with Crippen molar-refractivity contribution in [3.8, 4) is 0 Å². The fourth-order valence-electron chi connectivity index (χ4n) is 3.64. The lowest BCUT2D eigenvalue weighted by Crippen LogP contribution is -2.30. The zero-order chi connectivity index (χ0) is 20.3. The number of esters is 1. The van der Waals surface area contributed by atoms with Gasteiger partial charge < -0.3 is 9.64 Å². The van der Waals surface area contributed by atoms with Gasteiger partial charge in [-0.2, -0.15) is 0 Å². The summed E-state index contributed by atoms with van der Waals surface area (Å²) in [5.74, 6) is -0.292. The van der Waals surface area contributed by atoms with Crippen LogP contribution in [0.25, 0.3) is 0 Å². The van der Waals surface area contributed by atoms with E-state index in [1.165, 1.54) is 0 Å². The number of rotatable bonds is 4. The third kappa shape index (κ3) is 3.90. The molecule has 3 rings (SSSR count). The first kappa shape index (κ1) is 20.3. The van der Waals surface area contributed by atoms with Crippen molar-refractivity contribution in [2.45, 2.75) is 33.7 Å². The molecule has 0 saturated heterocycles. The average Bonchev–Trinajstić information content (AvgIpc) is 2.82. The molecule has 5 heteroatoms. The van der Waals surface area contributed by atoms with Gasteiger partial charge in [-0.3, -0.25) is 4.99 Å². The van der Waals surface area contributed by atoms with Gasteiger partial charge in [0.2, 0.25) is 0 Å². The molecule has 1 heterocycles. The SMILES string of the molecule is CCOC(=O)/C(C)=C1\[C@H](C)N=C(c2ccccc2)c2cc(Br)ccc2N1CC. The lowest BCUT2D eigenvalue weighted by atomic mass is 10.00. The second-order valence-corrected chi connectivity index (χ2v) is 7.57. The van der Waals surface area contributed by atoms with Gasteiger partial charge in [-0.15, -0.1) is 0 Å². The maximum atomic E-state index is 12.5. The highest BCUT2D eigenvalue weighted by Crippen LogP contribution is 2.35. The average molecular weight is 441 g/mol. The lowest BCUT2D eigenvalue weighted by Gasteiger charge is -2.29. The topological polar surface area (TPSA) is 41.9 Å². The number of ether oxygens (including phenoxy) is 1. The van der Waals surface area contributed by atoms with Crippen LogP contribution >= 0.6 is 15.9 Å². The summed E-state index contributed by atoms with van der Waals surface area (Å²) in [5, 5.41) is 0. The molecule has 0 unspecified atom stereocenters. The van der Waals surface area contributed by atoms with Crippen molar-refractivity contribution >= 4 is 33.3 Å². The van der Waals surface area contributed by atoms with E-state index >= 15 is 0 Å². The van der Waals surface area contributed by atoms with Crippen molar-refractivity contribution in [3.05, 3.63) is 75.4 Å². The monoisotopic (exact) mass is 440 g/mol. The Morgan fingerprint density at radius 2 is 1.89 bits per heavy atom. The number of aliphatic imine (C=N–C) groups is 1. The number of benzodiazepines with no additional fused rings is 1. The fourth-order valence-corrected chi connectivity index (χ4v) is 4.00. The summed E-state index contributed by atoms with van der Waals surface area (Å²) in [6.07, 6.45) is 0. The van der Waals surface area contributed by atoms with E-state index in [2.05, 4.69) is 52.0 Å². The zero-order valence-corrected chi connectivity index (χ0v) is 18.3. The normalized spacial score (nSPS) is 18.1. The number of hydrogen-bond acceptors (Lipinski definition) is 4. The third-order valence-corrected chi connectivity index (χ3v) is 5.34. The van der Waals surface area contributed by atoms with Gasteiger partial charge in [0.25, 0.3) is 0 Å². The molecule has 0 amide bonds. The first-order chi connectivity index (χ1) is 13.5. The summed E-state index contributed by atoms with van der Waals surface area (Å²) in [5.41, 5.74) is 5.55. The van der Waals surface area contributed by atoms with Gasteiger partial charge in [-0.05, 0) is 45.9 Å². The van der Waals surface area contributed by atoms with E-state index in [-0.39, 0.29) is 12.0 Å². The van der Waals surface area contributed by atoms with Crippen LogP contribution in [0.4, 0.5) is 5.69 Å². The molecule has 0 spiro atoms. The van der Waals surface area contributed by atoms with Crippen LogP contribution in [0.5, 0.6) is 0 Å². The summed E-state index contributed by atoms with van der Waals surface area (Å²) in [6, 6.07) is 16.2. The number of halogens is 1. The zero-order valence-electron chi connectivity index (χ0n) is 16.7. The number of likely N-dealkylation sites (N-methyl/N-ethyl adjacent to an activating group) is 1. The Morgan fingerprint density at radius 1 is 1.18 bits per heavy atom. The third-order valence-electron chi connectivity index (χ3n) is 4.84. The second kappa shape index (κ2) is 8.74. The Kier molecular flexibility index (Phi) is 6.35. The van der Waals surface area contributed by atoms with Crippen LogP contribution in [0.1, 0.15) is 38.8 Å². The summed E-state index contributed by atoms with van der Waals surface area (Å²) in [4.78, 5) is 19.8. The maximum absolute atomic E-state index is 12.5. The molecule has 146 valence electrons. The number of carbonyl (C=O) groups excluding carboxylic acids is 1. The molecule has 1 aliphatic rings. The van der Waals surface area contributed by atoms with Crippen LogP contribution < -0.4 is 4.90 Å². The van der Waals surface area contributed by atoms with Gasteiger partial charge in [0.1, 0.15) is 0 Å². The number of hydrogen-bond donors (Lipinski definition) is 0. The van der Waals surface area contributed by atoms with Gasteiger partial charge in [-0.1, -0.05) is 46.3 Å². The lowest BCUT2D eigenvalue weighted by molar-refractivity contribution is -0.138. The molecule has 1 aliphatic heterocycles. The van der Waals surface area contributed by atoms with Gasteiger partial charge in [0, 0.05) is 22.1 Å². The van der Waals surface area contributed by atoms with Gasteiger partial charge in [0.05, 0.1) is 35.3 Å². The molecule has 1 atom stereocenters. The van der Waals surface area contributed by atoms with Gasteiger partial charge in [-0.25, -0.2) is 4.79 Å². The summed E-state index contributed by atoms with van der Waals surface area (Å²) >= 11 is 3.60. The number of nitrogens with zero attached hydrogens (tertiary/aromatic N) is 2. The van der Waals surface area contributed by atoms with E-state index in [0.29, 0.717) is 12.2 Å². The highest BCUT2D eigenvalue weighted by atomic mass is 79.9. The maximum Gasteiger partial charge on any atom is 0.335 e. The Morgan fingerprint density at radius 3 is 2.54 bits per heavy atom. The predicted molar refractivity (Wildman–Crippen MR) is 118 cm³/mol. The van der Waals surface area contributed by atoms with E-state index in [9.17, 15) is 4.79 Å². The second-order valence-electron chi connectivity index (χ2n) is 6.66. The first-order valence-electron chi connectivity index (χ1n) is 9.56. The Labute approximate surface area is 175 Å². The first-order valence-corrected chi connectivity index (χ1v) is 10.4. The predicted octanol–water partition coefficient (Wildman–Crippen LogP) is 5.35. The molecule has 0 bridgehead atoms. The largest absolute Gasteiger partial charge is 0.463 e. The Balaban J connectivity index is 2.29. The Hall–Kier alpha value is -2.40. The van der Waals surface area contributed by atoms with Crippen molar-refractivity contribution in [3.63, 3.8) is 0 Å². The smallest absolute Gasteiger partial charge is 0.335 e. The Bertz CT molecular complexity index is 935. The molecule has 0 saturated carbocycles. The number of carbonyl (C=O) groups is 1. The van der Waals surface area contributed by atoms with Gasteiger partial charge in [0.15, 0.2) is 0 Å². The molecule has 0 radical (unpaired) electrons. The van der Waals surface area contributed by atoms with E-state index in [4.69, 9.17) is 9.73 Å². The standard InChI is InChI=1S/C23H25BrN2O2/c1-5-26-20-13-12-18(24)14-19(20)21(17-10-8-7-9-11-17)25-16(4)22(26)15(3)23(27)28-6-2/h7-14,16H,5-6H2,1-4H3/b22-15+/t16-/m0/s1. The van der Waals surface area contributed by atoms with E-state index in [1.807, 2.05) is 45.0 Å². The van der Waals surface area contributed by atoms with Crippen molar-refractivity contribution in [2.24, 2.45) is 4.99 Å². The molecule has 0 fully saturated rings. The highest BCUT2D eigenvalue weighted by Gasteiger charge is 2.29. The van der Waals surface area contributed by atoms with Crippen molar-refractivity contribution in [2.75, 3.05) is 18.1 Å². The summed E-state index contributed by atoms with van der Waals surface area (Å²) in [6.45, 7) is 8.85. The quantitative estimate of drug-likeness (QED) is 0.475. The molecule has 0 N–H and O–H groups in total. The van der Waals surface area contributed by atoms with E-state index < -0.39 is 0 Å². The molecule has 2 aromatic carbocycles. The minimum absolute atomic E-state index is 0.189. The minimum Gasteiger partial charge on any atom is -0.463 e. The van der Waals surface area contributed by atoms with Crippen LogP contribution in [0.15, 0.2) is 69.3 Å². The van der Waals surface area contributed by atoms with Crippen LogP contribution in [0, 0.1) is 0 Å². The number of fused-ring (bicyclic) bond motifs is 1. The molecule has 0 aromatic heterocycles. The van der Waals surface area contributed by atoms with Crippen LogP contribution in [0.3, 0.4) is 0 Å². The van der Waals surface area contributed by atoms with Gasteiger partial charge >= 0.3 is 5.97 Å². The van der Waals surface area contributed by atoms with Crippen LogP contribution in [-0.2, 0) is 9.53 Å². The highest BCUT2D eigenvalue weighted by molar-refractivity contribution is 9.10. The molecule has 0 aliphatic carbocycles. The number of anilines is 1. The summed E-state index contributed by atoms with van der Waals surface area (Å²) < 4.78 is 6.27. The van der Waals surface area contributed by atoms with E-state index in [1.54, 1.807) is 0 Å². The van der Waals surface area contributed by atoms with E-state index in [0.717, 1.165) is 39.2 Å². The minimum atomic E-state index is -0.292. The molecular formula is C23H25BrN2O2. The van der Waals surface area contributed by atoms with Crippen LogP contribution in [-0.4, -0.2) is 30.9 Å². The van der Waals surface area contributed by atoms with Crippen molar-refractivity contribution < 1.29 is 9.53 Å². The van der Waals surface area contributed by atoms with Crippen molar-refractivity contribution in [1.29, 1.82) is 0 Å². The fraction of sp³-hybridized carbons (Fsp3) is 0.304. The van der Waals surface area contributed by atoms with Crippen LogP contribution in [0.2, 0.25) is 0 Å². The summed E-state index contributed by atoms with van der Waals surface area (Å²) in [7, 11) is 0. The molecule has 4 nitrogen and oxygen atoms in total. The molecule has 28 heavy (non-hydrogen) atoms. The number of benzene rings is 2. The molecular weight excluding hydrogens is 416 g/mol.